The van der Waals surface area contributed by atoms with Gasteiger partial charge in [-0.1, -0.05) is 28.1 Å². The Morgan fingerprint density at radius 3 is 2.44 bits per heavy atom. The number of benzene rings is 1. The number of hydrogen-bond acceptors (Lipinski definition) is 2. The first kappa shape index (κ1) is 12.1. The number of aliphatic hydroxyl groups is 1. The van der Waals surface area contributed by atoms with Gasteiger partial charge in [-0.3, -0.25) is 0 Å². The van der Waals surface area contributed by atoms with E-state index in [-0.39, 0.29) is 0 Å². The highest BCUT2D eigenvalue weighted by Gasteiger charge is 2.27. The van der Waals surface area contributed by atoms with Gasteiger partial charge in [-0.2, -0.15) is 0 Å². The Hall–Kier alpha value is -0.380. The predicted octanol–water partition coefficient (Wildman–Crippen LogP) is 2.71. The molecule has 1 aromatic rings. The Morgan fingerprint density at radius 2 is 2.00 bits per heavy atom. The highest BCUT2D eigenvalue weighted by Crippen LogP contribution is 2.33. The molecule has 0 bridgehead atoms. The van der Waals surface area contributed by atoms with Gasteiger partial charge in [-0.05, 0) is 38.1 Å². The summed E-state index contributed by atoms with van der Waals surface area (Å²) in [6.45, 7) is 5.87. The summed E-state index contributed by atoms with van der Waals surface area (Å²) < 4.78 is 1.12. The summed E-state index contributed by atoms with van der Waals surface area (Å²) in [6.07, 6.45) is 0. The Balaban J connectivity index is 2.24. The van der Waals surface area contributed by atoms with Crippen molar-refractivity contribution in [2.24, 2.45) is 0 Å². The lowest BCUT2D eigenvalue weighted by molar-refractivity contribution is 0.0784. The van der Waals surface area contributed by atoms with Crippen molar-refractivity contribution in [1.82, 2.24) is 4.90 Å². The lowest BCUT2D eigenvalue weighted by atomic mass is 9.89. The van der Waals surface area contributed by atoms with Gasteiger partial charge in [0.15, 0.2) is 0 Å². The molecule has 16 heavy (non-hydrogen) atoms. The zero-order valence-corrected chi connectivity index (χ0v) is 11.6. The summed E-state index contributed by atoms with van der Waals surface area (Å²) in [7, 11) is 2.13. The van der Waals surface area contributed by atoms with Gasteiger partial charge in [0.25, 0.3) is 0 Å². The van der Waals surface area contributed by atoms with E-state index in [1.165, 1.54) is 5.56 Å². The smallest absolute Gasteiger partial charge is 0.0840 e. The molecule has 2 nitrogen and oxygen atoms in total. The van der Waals surface area contributed by atoms with E-state index in [2.05, 4.69) is 33.9 Å². The molecule has 1 saturated heterocycles. The molecule has 0 aliphatic carbocycles. The topological polar surface area (TPSA) is 23.5 Å². The van der Waals surface area contributed by atoms with Gasteiger partial charge in [0, 0.05) is 23.5 Å². The molecular formula is C13H18BrNO. The van der Waals surface area contributed by atoms with Crippen molar-refractivity contribution >= 4 is 15.9 Å². The molecule has 0 saturated carbocycles. The molecule has 0 unspecified atom stereocenters. The van der Waals surface area contributed by atoms with E-state index in [1.807, 2.05) is 26.0 Å². The maximum absolute atomic E-state index is 9.93. The molecule has 0 radical (unpaired) electrons. The second-order valence-electron chi connectivity index (χ2n) is 5.21. The average Bonchev–Trinajstić information content (AvgIpc) is 2.12. The van der Waals surface area contributed by atoms with Crippen LogP contribution in [0.2, 0.25) is 0 Å². The zero-order chi connectivity index (χ0) is 11.9. The molecule has 3 heteroatoms. The quantitative estimate of drug-likeness (QED) is 0.902. The summed E-state index contributed by atoms with van der Waals surface area (Å²) in [6, 6.07) is 6.20. The third-order valence-electron chi connectivity index (χ3n) is 3.21. The zero-order valence-electron chi connectivity index (χ0n) is 10.00. The predicted molar refractivity (Wildman–Crippen MR) is 69.6 cm³/mol. The minimum absolute atomic E-state index is 0.634. The van der Waals surface area contributed by atoms with Crippen LogP contribution in [0.4, 0.5) is 0 Å². The van der Waals surface area contributed by atoms with Crippen molar-refractivity contribution in [1.29, 1.82) is 0 Å². The van der Waals surface area contributed by atoms with Crippen LogP contribution in [0, 0.1) is 0 Å². The molecule has 0 amide bonds. The standard InChI is InChI=1S/C13H18BrNO/c1-13(2,16)10-4-5-11(12(14)6-10)9-7-15(3)8-9/h4-6,9,16H,7-8H2,1-3H3. The molecule has 1 aliphatic rings. The van der Waals surface area contributed by atoms with E-state index in [0.717, 1.165) is 23.1 Å². The second kappa shape index (κ2) is 4.13. The van der Waals surface area contributed by atoms with E-state index >= 15 is 0 Å². The average molecular weight is 284 g/mol. The molecule has 1 heterocycles. The molecule has 1 aromatic carbocycles. The van der Waals surface area contributed by atoms with Gasteiger partial charge in [-0.25, -0.2) is 0 Å². The van der Waals surface area contributed by atoms with E-state index < -0.39 is 5.60 Å². The Morgan fingerprint density at radius 1 is 1.38 bits per heavy atom. The van der Waals surface area contributed by atoms with Crippen LogP contribution in [0.15, 0.2) is 22.7 Å². The molecule has 0 spiro atoms. The van der Waals surface area contributed by atoms with Crippen LogP contribution in [0.3, 0.4) is 0 Å². The highest BCUT2D eigenvalue weighted by atomic mass is 79.9. The van der Waals surface area contributed by atoms with Crippen molar-refractivity contribution in [2.75, 3.05) is 20.1 Å². The summed E-state index contributed by atoms with van der Waals surface area (Å²) in [5, 5.41) is 9.93. The first-order valence-electron chi connectivity index (χ1n) is 5.59. The first-order valence-corrected chi connectivity index (χ1v) is 6.38. The minimum atomic E-state index is -0.766. The number of likely N-dealkylation sites (tertiary alicyclic amines) is 1. The highest BCUT2D eigenvalue weighted by molar-refractivity contribution is 9.10. The van der Waals surface area contributed by atoms with Crippen molar-refractivity contribution in [2.45, 2.75) is 25.4 Å². The number of nitrogens with zero attached hydrogens (tertiary/aromatic N) is 1. The van der Waals surface area contributed by atoms with Gasteiger partial charge in [-0.15, -0.1) is 0 Å². The van der Waals surface area contributed by atoms with E-state index in [0.29, 0.717) is 5.92 Å². The maximum atomic E-state index is 9.93. The Kier molecular flexibility index (Phi) is 3.12. The lowest BCUT2D eigenvalue weighted by Crippen LogP contribution is -2.41. The van der Waals surface area contributed by atoms with Gasteiger partial charge >= 0.3 is 0 Å². The van der Waals surface area contributed by atoms with Crippen LogP contribution in [0.5, 0.6) is 0 Å². The van der Waals surface area contributed by atoms with Gasteiger partial charge in [0.1, 0.15) is 0 Å². The first-order chi connectivity index (χ1) is 7.38. The van der Waals surface area contributed by atoms with Gasteiger partial charge in [0.2, 0.25) is 0 Å². The summed E-state index contributed by atoms with van der Waals surface area (Å²) in [5.41, 5.74) is 1.54. The van der Waals surface area contributed by atoms with E-state index in [9.17, 15) is 5.11 Å². The van der Waals surface area contributed by atoms with Crippen LogP contribution >= 0.6 is 15.9 Å². The normalized spacial score (nSPS) is 18.6. The minimum Gasteiger partial charge on any atom is -0.386 e. The molecule has 1 fully saturated rings. The van der Waals surface area contributed by atoms with Gasteiger partial charge in [0.05, 0.1) is 5.60 Å². The Labute approximate surface area is 105 Å². The van der Waals surface area contributed by atoms with Crippen LogP contribution in [0.25, 0.3) is 0 Å². The third-order valence-corrected chi connectivity index (χ3v) is 3.90. The van der Waals surface area contributed by atoms with E-state index in [4.69, 9.17) is 0 Å². The fourth-order valence-electron chi connectivity index (χ4n) is 2.13. The number of hydrogen-bond donors (Lipinski definition) is 1. The molecule has 88 valence electrons. The van der Waals surface area contributed by atoms with Crippen molar-refractivity contribution < 1.29 is 5.11 Å². The van der Waals surface area contributed by atoms with Crippen molar-refractivity contribution in [3.8, 4) is 0 Å². The van der Waals surface area contributed by atoms with Crippen LogP contribution in [0.1, 0.15) is 30.9 Å². The Bertz CT molecular complexity index is 391. The molecule has 2 rings (SSSR count). The molecule has 1 aliphatic heterocycles. The van der Waals surface area contributed by atoms with Crippen LogP contribution in [-0.2, 0) is 5.60 Å². The molecule has 0 aromatic heterocycles. The van der Waals surface area contributed by atoms with Crippen LogP contribution in [-0.4, -0.2) is 30.1 Å². The summed E-state index contributed by atoms with van der Waals surface area (Å²) in [5.74, 6) is 0.634. The third kappa shape index (κ3) is 2.31. The fraction of sp³-hybridized carbons (Fsp3) is 0.538. The largest absolute Gasteiger partial charge is 0.386 e. The SMILES string of the molecule is CN1CC(c2ccc(C(C)(C)O)cc2Br)C1. The second-order valence-corrected chi connectivity index (χ2v) is 6.07. The fourth-order valence-corrected chi connectivity index (χ4v) is 2.84. The van der Waals surface area contributed by atoms with Gasteiger partial charge < -0.3 is 10.0 Å². The lowest BCUT2D eigenvalue weighted by Gasteiger charge is -2.37. The van der Waals surface area contributed by atoms with Crippen LogP contribution < -0.4 is 0 Å². The monoisotopic (exact) mass is 283 g/mol. The van der Waals surface area contributed by atoms with E-state index in [1.54, 1.807) is 0 Å². The maximum Gasteiger partial charge on any atom is 0.0840 e. The number of likely N-dealkylation sites (N-methyl/N-ethyl adjacent to an activating group) is 1. The molecular weight excluding hydrogens is 266 g/mol. The number of halogens is 1. The summed E-state index contributed by atoms with van der Waals surface area (Å²) >= 11 is 3.61. The molecule has 1 N–H and O–H groups in total. The van der Waals surface area contributed by atoms with Crippen molar-refractivity contribution in [3.05, 3.63) is 33.8 Å². The van der Waals surface area contributed by atoms with Crippen molar-refractivity contribution in [3.63, 3.8) is 0 Å². The molecule has 0 atom stereocenters. The summed E-state index contributed by atoms with van der Waals surface area (Å²) in [4.78, 5) is 2.31. The number of rotatable bonds is 2.